The molecule has 0 fully saturated rings. The van der Waals surface area contributed by atoms with Crippen molar-refractivity contribution in [1.82, 2.24) is 19.7 Å². The molecule has 0 radical (unpaired) electrons. The van der Waals surface area contributed by atoms with Gasteiger partial charge in [0.25, 0.3) is 5.91 Å². The Morgan fingerprint density at radius 1 is 1.16 bits per heavy atom. The molecule has 1 aliphatic heterocycles. The molecule has 32 heavy (non-hydrogen) atoms. The number of nitrogens with zero attached hydrogens (tertiary/aromatic N) is 4. The summed E-state index contributed by atoms with van der Waals surface area (Å²) in [6.45, 7) is 3.90. The minimum absolute atomic E-state index is 0.244. The molecule has 1 aliphatic rings. The molecule has 0 saturated carbocycles. The third-order valence-corrected chi connectivity index (χ3v) is 6.67. The smallest absolute Gasteiger partial charge is 0.257 e. The van der Waals surface area contributed by atoms with Crippen LogP contribution in [0.15, 0.2) is 71.4 Å². The van der Waals surface area contributed by atoms with E-state index in [2.05, 4.69) is 20.6 Å². The summed E-state index contributed by atoms with van der Waals surface area (Å²) in [4.78, 5) is 23.3. The first-order chi connectivity index (χ1) is 15.5. The van der Waals surface area contributed by atoms with Gasteiger partial charge in [0, 0.05) is 22.3 Å². The van der Waals surface area contributed by atoms with Gasteiger partial charge in [-0.2, -0.15) is 4.98 Å². The Bertz CT molecular complexity index is 1340. The van der Waals surface area contributed by atoms with Crippen molar-refractivity contribution in [1.29, 1.82) is 0 Å². The molecule has 7 nitrogen and oxygen atoms in total. The Kier molecular flexibility index (Phi) is 5.24. The minimum atomic E-state index is -0.432. The quantitative estimate of drug-likeness (QED) is 0.430. The van der Waals surface area contributed by atoms with Crippen molar-refractivity contribution in [2.45, 2.75) is 19.9 Å². The molecule has 0 saturated heterocycles. The molecule has 1 atom stereocenters. The van der Waals surface area contributed by atoms with Gasteiger partial charge in [-0.1, -0.05) is 29.8 Å². The molecule has 4 aromatic rings. The van der Waals surface area contributed by atoms with E-state index in [1.54, 1.807) is 40.4 Å². The standard InChI is InChI=1S/C23H19ClN6OS/c1-13-10-12-32-20(13)19-18(22(31)27-17-9-5-6-11-25-17)14(2)26-23-28-21(29-30(19)23)15-7-3-4-8-16(15)24/h3-12,19H,1-2H3,(H,25,27,31)(H,26,28,29). The van der Waals surface area contributed by atoms with E-state index in [0.29, 0.717) is 33.9 Å². The number of pyridine rings is 1. The van der Waals surface area contributed by atoms with Crippen molar-refractivity contribution < 1.29 is 4.79 Å². The van der Waals surface area contributed by atoms with Crippen molar-refractivity contribution in [2.75, 3.05) is 10.6 Å². The summed E-state index contributed by atoms with van der Waals surface area (Å²) in [6.07, 6.45) is 1.64. The van der Waals surface area contributed by atoms with Gasteiger partial charge in [-0.3, -0.25) is 4.79 Å². The first kappa shape index (κ1) is 20.4. The topological polar surface area (TPSA) is 84.7 Å². The SMILES string of the molecule is CC1=C(C(=O)Nc2ccccn2)C(c2sccc2C)n2nc(-c3ccccc3Cl)nc2N1. The lowest BCUT2D eigenvalue weighted by atomic mass is 9.99. The predicted octanol–water partition coefficient (Wildman–Crippen LogP) is 5.29. The first-order valence-electron chi connectivity index (χ1n) is 9.98. The predicted molar refractivity (Wildman–Crippen MR) is 127 cm³/mol. The summed E-state index contributed by atoms with van der Waals surface area (Å²) in [5.74, 6) is 1.30. The number of amides is 1. The van der Waals surface area contributed by atoms with Gasteiger partial charge in [0.1, 0.15) is 11.9 Å². The van der Waals surface area contributed by atoms with Crippen LogP contribution in [-0.2, 0) is 4.79 Å². The molecule has 1 amide bonds. The van der Waals surface area contributed by atoms with Gasteiger partial charge in [-0.25, -0.2) is 9.67 Å². The van der Waals surface area contributed by atoms with Gasteiger partial charge in [-0.15, -0.1) is 16.4 Å². The largest absolute Gasteiger partial charge is 0.328 e. The van der Waals surface area contributed by atoms with Crippen LogP contribution in [-0.4, -0.2) is 25.7 Å². The van der Waals surface area contributed by atoms with Crippen molar-refractivity contribution in [2.24, 2.45) is 0 Å². The second-order valence-electron chi connectivity index (χ2n) is 7.39. The highest BCUT2D eigenvalue weighted by molar-refractivity contribution is 7.10. The number of benzene rings is 1. The third-order valence-electron chi connectivity index (χ3n) is 5.27. The van der Waals surface area contributed by atoms with E-state index in [9.17, 15) is 4.79 Å². The Labute approximate surface area is 193 Å². The number of aromatic nitrogens is 4. The molecule has 0 spiro atoms. The zero-order valence-electron chi connectivity index (χ0n) is 17.3. The molecule has 1 unspecified atom stereocenters. The van der Waals surface area contributed by atoms with Crippen molar-refractivity contribution >= 4 is 40.6 Å². The fourth-order valence-corrected chi connectivity index (χ4v) is 4.97. The summed E-state index contributed by atoms with van der Waals surface area (Å²) in [5.41, 5.74) is 3.08. The monoisotopic (exact) mass is 462 g/mol. The van der Waals surface area contributed by atoms with E-state index in [0.717, 1.165) is 16.0 Å². The van der Waals surface area contributed by atoms with Crippen LogP contribution in [0.5, 0.6) is 0 Å². The van der Waals surface area contributed by atoms with Crippen LogP contribution in [0.2, 0.25) is 5.02 Å². The number of allylic oxidation sites excluding steroid dienone is 1. The molecule has 3 aromatic heterocycles. The van der Waals surface area contributed by atoms with Crippen LogP contribution >= 0.6 is 22.9 Å². The fourth-order valence-electron chi connectivity index (χ4n) is 3.73. The Hall–Kier alpha value is -3.49. The lowest BCUT2D eigenvalue weighted by molar-refractivity contribution is -0.113. The summed E-state index contributed by atoms with van der Waals surface area (Å²) in [6, 6.07) is 14.4. The van der Waals surface area contributed by atoms with Crippen LogP contribution in [0.1, 0.15) is 23.4 Å². The molecule has 9 heteroatoms. The number of rotatable bonds is 4. The number of halogens is 1. The zero-order valence-corrected chi connectivity index (χ0v) is 18.9. The normalized spacial score (nSPS) is 15.3. The molecule has 0 aliphatic carbocycles. The van der Waals surface area contributed by atoms with E-state index in [1.807, 2.05) is 49.6 Å². The lowest BCUT2D eigenvalue weighted by Crippen LogP contribution is -2.31. The lowest BCUT2D eigenvalue weighted by Gasteiger charge is -2.28. The molecule has 160 valence electrons. The average Bonchev–Trinajstić information content (AvgIpc) is 3.39. The Balaban J connectivity index is 1.62. The van der Waals surface area contributed by atoms with Gasteiger partial charge in [0.05, 0.1) is 10.6 Å². The van der Waals surface area contributed by atoms with Crippen LogP contribution in [0.25, 0.3) is 11.4 Å². The number of aryl methyl sites for hydroxylation is 1. The van der Waals surface area contributed by atoms with Crippen LogP contribution in [0, 0.1) is 6.92 Å². The van der Waals surface area contributed by atoms with Crippen molar-refractivity contribution in [3.8, 4) is 11.4 Å². The number of nitrogens with one attached hydrogen (secondary N) is 2. The molecular weight excluding hydrogens is 444 g/mol. The second kappa shape index (κ2) is 8.22. The molecule has 0 bridgehead atoms. The number of hydrogen-bond acceptors (Lipinski definition) is 6. The molecule has 2 N–H and O–H groups in total. The Morgan fingerprint density at radius 3 is 2.69 bits per heavy atom. The highest BCUT2D eigenvalue weighted by atomic mass is 35.5. The number of hydrogen-bond donors (Lipinski definition) is 2. The van der Waals surface area contributed by atoms with E-state index in [4.69, 9.17) is 16.7 Å². The maximum absolute atomic E-state index is 13.4. The van der Waals surface area contributed by atoms with E-state index in [-0.39, 0.29) is 5.91 Å². The molecular formula is C23H19ClN6OS. The molecule has 1 aromatic carbocycles. The summed E-state index contributed by atoms with van der Waals surface area (Å²) in [7, 11) is 0. The van der Waals surface area contributed by atoms with Gasteiger partial charge in [0.2, 0.25) is 5.95 Å². The first-order valence-corrected chi connectivity index (χ1v) is 11.2. The van der Waals surface area contributed by atoms with Crippen LogP contribution in [0.3, 0.4) is 0 Å². The van der Waals surface area contributed by atoms with Gasteiger partial charge < -0.3 is 10.6 Å². The zero-order chi connectivity index (χ0) is 22.2. The van der Waals surface area contributed by atoms with Gasteiger partial charge in [0.15, 0.2) is 5.82 Å². The number of anilines is 2. The summed E-state index contributed by atoms with van der Waals surface area (Å²) in [5, 5.41) is 13.5. The molecule has 5 rings (SSSR count). The fraction of sp³-hybridized carbons (Fsp3) is 0.130. The number of carbonyl (C=O) groups excluding carboxylic acids is 1. The number of carbonyl (C=O) groups is 1. The third kappa shape index (κ3) is 3.57. The van der Waals surface area contributed by atoms with Gasteiger partial charge >= 0.3 is 0 Å². The molecule has 4 heterocycles. The van der Waals surface area contributed by atoms with Crippen molar-refractivity contribution in [3.63, 3.8) is 0 Å². The average molecular weight is 463 g/mol. The Morgan fingerprint density at radius 2 is 1.97 bits per heavy atom. The summed E-state index contributed by atoms with van der Waals surface area (Å²) >= 11 is 7.98. The maximum Gasteiger partial charge on any atom is 0.257 e. The minimum Gasteiger partial charge on any atom is -0.328 e. The highest BCUT2D eigenvalue weighted by Crippen LogP contribution is 2.40. The maximum atomic E-state index is 13.4. The summed E-state index contributed by atoms with van der Waals surface area (Å²) < 4.78 is 1.76. The highest BCUT2D eigenvalue weighted by Gasteiger charge is 2.36. The van der Waals surface area contributed by atoms with Crippen LogP contribution < -0.4 is 10.6 Å². The van der Waals surface area contributed by atoms with Crippen LogP contribution in [0.4, 0.5) is 11.8 Å². The van der Waals surface area contributed by atoms with Crippen molar-refractivity contribution in [3.05, 3.63) is 86.8 Å². The second-order valence-corrected chi connectivity index (χ2v) is 8.74. The van der Waals surface area contributed by atoms with Gasteiger partial charge in [-0.05, 0) is 55.1 Å². The number of fused-ring (bicyclic) bond motifs is 1. The van der Waals surface area contributed by atoms with E-state index >= 15 is 0 Å². The van der Waals surface area contributed by atoms with E-state index in [1.165, 1.54) is 0 Å². The van der Waals surface area contributed by atoms with E-state index < -0.39 is 6.04 Å². The number of thiophene rings is 1.